The molecule has 0 spiro atoms. The molecule has 2 unspecified atom stereocenters. The molecular formula is C26H40O. The Morgan fingerprint density at radius 1 is 1.30 bits per heavy atom. The fraction of sp³-hybridized carbons (Fsp3) is 0.846. The van der Waals surface area contributed by atoms with Crippen LogP contribution in [0.1, 0.15) is 85.0 Å². The van der Waals surface area contributed by atoms with E-state index in [1.807, 2.05) is 0 Å². The van der Waals surface area contributed by atoms with Crippen LogP contribution in [0.2, 0.25) is 0 Å². The van der Waals surface area contributed by atoms with Gasteiger partial charge in [-0.3, -0.25) is 0 Å². The summed E-state index contributed by atoms with van der Waals surface area (Å²) in [6.07, 6.45) is 20.4. The lowest BCUT2D eigenvalue weighted by Gasteiger charge is -2.55. The Bertz CT molecular complexity index is 612. The molecule has 0 aromatic rings. The molecule has 150 valence electrons. The van der Waals surface area contributed by atoms with Crippen molar-refractivity contribution in [2.45, 2.75) is 91.1 Å². The number of hydrogen-bond acceptors (Lipinski definition) is 1. The van der Waals surface area contributed by atoms with Crippen LogP contribution in [0.25, 0.3) is 0 Å². The summed E-state index contributed by atoms with van der Waals surface area (Å²) in [6.45, 7) is 7.56. The van der Waals surface area contributed by atoms with Crippen molar-refractivity contribution in [2.75, 3.05) is 0 Å². The summed E-state index contributed by atoms with van der Waals surface area (Å²) in [5, 5.41) is 10.2. The molecule has 27 heavy (non-hydrogen) atoms. The predicted octanol–water partition coefficient (Wildman–Crippen LogP) is 6.22. The topological polar surface area (TPSA) is 20.2 Å². The molecule has 4 aliphatic carbocycles. The second-order valence-electron chi connectivity index (χ2n) is 10.8. The first-order chi connectivity index (χ1) is 13.0. The highest BCUT2D eigenvalue weighted by Gasteiger charge is 2.57. The van der Waals surface area contributed by atoms with Gasteiger partial charge in [-0.25, -0.2) is 0 Å². The molecule has 1 heteroatoms. The van der Waals surface area contributed by atoms with Crippen LogP contribution in [0.3, 0.4) is 0 Å². The molecule has 1 N–H and O–H groups in total. The van der Waals surface area contributed by atoms with Crippen LogP contribution in [0.15, 0.2) is 11.6 Å². The largest absolute Gasteiger partial charge is 0.393 e. The quantitative estimate of drug-likeness (QED) is 0.355. The summed E-state index contributed by atoms with van der Waals surface area (Å²) in [4.78, 5) is 0. The van der Waals surface area contributed by atoms with Crippen LogP contribution in [0.5, 0.6) is 0 Å². The number of terminal acetylenes is 1. The molecule has 1 nitrogen and oxygen atoms in total. The fourth-order valence-electron chi connectivity index (χ4n) is 8.44. The third-order valence-corrected chi connectivity index (χ3v) is 9.50. The highest BCUT2D eigenvalue weighted by molar-refractivity contribution is 5.21. The summed E-state index contributed by atoms with van der Waals surface area (Å²) < 4.78 is 0. The molecule has 0 saturated heterocycles. The zero-order valence-electron chi connectivity index (χ0n) is 17.8. The van der Waals surface area contributed by atoms with E-state index in [1.165, 1.54) is 44.9 Å². The van der Waals surface area contributed by atoms with Crippen molar-refractivity contribution < 1.29 is 5.11 Å². The third-order valence-electron chi connectivity index (χ3n) is 9.50. The smallest absolute Gasteiger partial charge is 0.0580 e. The Morgan fingerprint density at radius 2 is 2.11 bits per heavy atom. The van der Waals surface area contributed by atoms with Crippen molar-refractivity contribution in [1.29, 1.82) is 0 Å². The van der Waals surface area contributed by atoms with E-state index in [2.05, 4.69) is 32.8 Å². The van der Waals surface area contributed by atoms with Crippen molar-refractivity contribution in [1.82, 2.24) is 0 Å². The van der Waals surface area contributed by atoms with Gasteiger partial charge in [0.15, 0.2) is 0 Å². The van der Waals surface area contributed by atoms with Gasteiger partial charge in [0, 0.05) is 6.42 Å². The second-order valence-corrected chi connectivity index (χ2v) is 10.8. The first kappa shape index (κ1) is 19.6. The van der Waals surface area contributed by atoms with Crippen molar-refractivity contribution in [3.05, 3.63) is 11.6 Å². The Kier molecular flexibility index (Phi) is 5.50. The molecule has 0 amide bonds. The van der Waals surface area contributed by atoms with E-state index in [9.17, 15) is 5.11 Å². The normalized spacial score (nSPS) is 47.2. The average molecular weight is 369 g/mol. The van der Waals surface area contributed by atoms with Crippen molar-refractivity contribution in [3.63, 3.8) is 0 Å². The van der Waals surface area contributed by atoms with Crippen LogP contribution >= 0.6 is 0 Å². The van der Waals surface area contributed by atoms with Gasteiger partial charge in [-0.1, -0.05) is 32.4 Å². The van der Waals surface area contributed by atoms with Gasteiger partial charge < -0.3 is 5.11 Å². The van der Waals surface area contributed by atoms with Crippen LogP contribution in [0, 0.1) is 59.2 Å². The van der Waals surface area contributed by atoms with Gasteiger partial charge in [0.1, 0.15) is 0 Å². The van der Waals surface area contributed by atoms with E-state index in [4.69, 9.17) is 6.42 Å². The molecule has 0 aliphatic heterocycles. The lowest BCUT2D eigenvalue weighted by molar-refractivity contribution is -0.0401. The van der Waals surface area contributed by atoms with E-state index in [1.54, 1.807) is 5.57 Å². The number of aliphatic hydroxyl groups is 1. The number of rotatable bonds is 4. The second kappa shape index (κ2) is 7.59. The Labute approximate surface area is 167 Å². The lowest BCUT2D eigenvalue weighted by Crippen LogP contribution is -2.48. The zero-order valence-corrected chi connectivity index (χ0v) is 17.8. The Morgan fingerprint density at radius 3 is 2.89 bits per heavy atom. The van der Waals surface area contributed by atoms with Crippen molar-refractivity contribution in [3.8, 4) is 12.3 Å². The van der Waals surface area contributed by atoms with Gasteiger partial charge in [0.25, 0.3) is 0 Å². The average Bonchev–Trinajstić information content (AvgIpc) is 2.98. The van der Waals surface area contributed by atoms with Gasteiger partial charge in [0.05, 0.1) is 6.10 Å². The van der Waals surface area contributed by atoms with Crippen LogP contribution in [-0.4, -0.2) is 11.2 Å². The molecule has 0 aromatic heterocycles. The standard InChI is InChI=1S/C26H40O/c1-5-6-7-8-17(2)23-11-12-24-21-10-9-19-16-20(27)15-18(3)25(19)22(21)13-14-26(23,24)4/h1,9,17-18,20-25,27H,6-8,10-16H2,2-4H3/t17-,18-,20+,21-,22+,23+,24?,25?,26-/m1/s1. The van der Waals surface area contributed by atoms with Gasteiger partial charge in [-0.2, -0.15) is 0 Å². The lowest BCUT2D eigenvalue weighted by atomic mass is 9.50. The van der Waals surface area contributed by atoms with Crippen LogP contribution in [0.4, 0.5) is 0 Å². The van der Waals surface area contributed by atoms with E-state index >= 15 is 0 Å². The Balaban J connectivity index is 1.51. The van der Waals surface area contributed by atoms with Crippen molar-refractivity contribution in [2.24, 2.45) is 46.8 Å². The maximum absolute atomic E-state index is 10.2. The molecule has 0 bridgehead atoms. The summed E-state index contributed by atoms with van der Waals surface area (Å²) >= 11 is 0. The van der Waals surface area contributed by atoms with Crippen LogP contribution in [-0.2, 0) is 0 Å². The molecule has 3 fully saturated rings. The zero-order chi connectivity index (χ0) is 19.2. The number of allylic oxidation sites excluding steroid dienone is 1. The molecule has 9 atom stereocenters. The summed E-state index contributed by atoms with van der Waals surface area (Å²) in [5.41, 5.74) is 2.17. The van der Waals surface area contributed by atoms with E-state index in [0.29, 0.717) is 11.3 Å². The SMILES string of the molecule is C#CCCC[C@@H](C)[C@@H]1CCC2[C@@H]3CC=C4C[C@@H](O)C[C@@H](C)C4[C@H]3CC[C@@]21C. The highest BCUT2D eigenvalue weighted by Crippen LogP contribution is 2.65. The van der Waals surface area contributed by atoms with Gasteiger partial charge in [0.2, 0.25) is 0 Å². The van der Waals surface area contributed by atoms with Gasteiger partial charge in [-0.15, -0.1) is 12.3 Å². The first-order valence-corrected chi connectivity index (χ1v) is 11.8. The van der Waals surface area contributed by atoms with E-state index in [0.717, 1.165) is 54.8 Å². The molecule has 0 heterocycles. The molecule has 0 radical (unpaired) electrons. The first-order valence-electron chi connectivity index (χ1n) is 11.8. The minimum atomic E-state index is -0.0902. The Hall–Kier alpha value is -0.740. The molecular weight excluding hydrogens is 328 g/mol. The van der Waals surface area contributed by atoms with Crippen LogP contribution < -0.4 is 0 Å². The van der Waals surface area contributed by atoms with Gasteiger partial charge >= 0.3 is 0 Å². The number of aliphatic hydroxyl groups excluding tert-OH is 1. The molecule has 4 aliphatic rings. The maximum atomic E-state index is 10.2. The predicted molar refractivity (Wildman–Crippen MR) is 113 cm³/mol. The molecule has 0 aromatic carbocycles. The third kappa shape index (κ3) is 3.31. The van der Waals surface area contributed by atoms with E-state index < -0.39 is 0 Å². The summed E-state index contributed by atoms with van der Waals surface area (Å²) in [7, 11) is 0. The number of fused-ring (bicyclic) bond motifs is 5. The van der Waals surface area contributed by atoms with E-state index in [-0.39, 0.29) is 6.10 Å². The summed E-state index contributed by atoms with van der Waals surface area (Å²) in [5.74, 6) is 8.70. The number of unbranched alkanes of at least 4 members (excludes halogenated alkanes) is 1. The minimum absolute atomic E-state index is 0.0902. The van der Waals surface area contributed by atoms with Gasteiger partial charge in [-0.05, 0) is 105 Å². The molecule has 4 rings (SSSR count). The minimum Gasteiger partial charge on any atom is -0.393 e. The highest BCUT2D eigenvalue weighted by atomic mass is 16.3. The summed E-state index contributed by atoms with van der Waals surface area (Å²) in [6, 6.07) is 0. The maximum Gasteiger partial charge on any atom is 0.0580 e. The molecule has 3 saturated carbocycles. The number of hydrogen-bond donors (Lipinski definition) is 1. The monoisotopic (exact) mass is 368 g/mol. The fourth-order valence-corrected chi connectivity index (χ4v) is 8.44. The van der Waals surface area contributed by atoms with Crippen molar-refractivity contribution >= 4 is 0 Å².